The van der Waals surface area contributed by atoms with Gasteiger partial charge in [-0.15, -0.1) is 11.3 Å². The van der Waals surface area contributed by atoms with Crippen molar-refractivity contribution in [2.75, 3.05) is 13.7 Å². The lowest BCUT2D eigenvalue weighted by Crippen LogP contribution is -2.49. The molecule has 2 amide bonds. The van der Waals surface area contributed by atoms with Gasteiger partial charge in [-0.3, -0.25) is 14.3 Å². The molecule has 1 saturated heterocycles. The fraction of sp³-hybridized carbons (Fsp3) is 0.462. The zero-order valence-electron chi connectivity index (χ0n) is 20.9. The summed E-state index contributed by atoms with van der Waals surface area (Å²) in [5, 5.41) is 7.46. The molecule has 3 aromatic rings. The molecule has 186 valence electrons. The number of rotatable bonds is 8. The zero-order chi connectivity index (χ0) is 25.1. The first kappa shape index (κ1) is 24.9. The average molecular weight is 496 g/mol. The van der Waals surface area contributed by atoms with Crippen molar-refractivity contribution in [2.45, 2.75) is 58.7 Å². The molecule has 2 aromatic heterocycles. The Morgan fingerprint density at radius 1 is 1.20 bits per heavy atom. The highest BCUT2D eigenvalue weighted by Crippen LogP contribution is 2.30. The summed E-state index contributed by atoms with van der Waals surface area (Å²) >= 11 is 1.62. The number of carbonyl (C=O) groups excluding carboxylic acids is 2. The molecule has 3 atom stereocenters. The molecule has 1 aliphatic rings. The van der Waals surface area contributed by atoms with Gasteiger partial charge >= 0.3 is 0 Å². The highest BCUT2D eigenvalue weighted by atomic mass is 32.1. The molecule has 3 heterocycles. The van der Waals surface area contributed by atoms with E-state index in [0.717, 1.165) is 28.1 Å². The first-order valence-electron chi connectivity index (χ1n) is 12.0. The maximum atomic E-state index is 13.6. The summed E-state index contributed by atoms with van der Waals surface area (Å²) in [5.41, 5.74) is 5.00. The monoisotopic (exact) mass is 495 g/mol. The second-order valence-electron chi connectivity index (χ2n) is 9.36. The van der Waals surface area contributed by atoms with Crippen molar-refractivity contribution >= 4 is 23.2 Å². The van der Waals surface area contributed by atoms with Crippen LogP contribution in [0.5, 0.6) is 5.75 Å². The zero-order valence-corrected chi connectivity index (χ0v) is 21.7. The van der Waals surface area contributed by atoms with E-state index < -0.39 is 12.1 Å². The number of nitrogens with zero attached hydrogens (tertiary/aromatic N) is 4. The van der Waals surface area contributed by atoms with Crippen molar-refractivity contribution in [3.63, 3.8) is 0 Å². The van der Waals surface area contributed by atoms with Gasteiger partial charge in [0, 0.05) is 6.54 Å². The minimum Gasteiger partial charge on any atom is -0.493 e. The van der Waals surface area contributed by atoms with Gasteiger partial charge in [-0.1, -0.05) is 38.1 Å². The van der Waals surface area contributed by atoms with Crippen LogP contribution in [0.25, 0.3) is 10.4 Å². The fourth-order valence-corrected chi connectivity index (χ4v) is 5.46. The Morgan fingerprint density at radius 3 is 2.54 bits per heavy atom. The van der Waals surface area contributed by atoms with Crippen molar-refractivity contribution in [3.8, 4) is 16.2 Å². The minimum atomic E-state index is -0.493. The van der Waals surface area contributed by atoms with Gasteiger partial charge in [0.2, 0.25) is 11.8 Å². The van der Waals surface area contributed by atoms with E-state index in [1.807, 2.05) is 45.3 Å². The number of amides is 2. The third-order valence-electron chi connectivity index (χ3n) is 6.60. The number of aromatic nitrogens is 3. The van der Waals surface area contributed by atoms with Crippen molar-refractivity contribution in [1.29, 1.82) is 0 Å². The van der Waals surface area contributed by atoms with Gasteiger partial charge in [0.15, 0.2) is 5.75 Å². The largest absolute Gasteiger partial charge is 0.493 e. The number of likely N-dealkylation sites (tertiary alicyclic amines) is 1. The van der Waals surface area contributed by atoms with Gasteiger partial charge in [-0.05, 0) is 43.7 Å². The van der Waals surface area contributed by atoms with Crippen molar-refractivity contribution in [2.24, 2.45) is 5.92 Å². The summed E-state index contributed by atoms with van der Waals surface area (Å²) in [6, 6.07) is 7.06. The summed E-state index contributed by atoms with van der Waals surface area (Å²) in [5.74, 6) is 0.409. The molecule has 0 spiro atoms. The van der Waals surface area contributed by atoms with Crippen LogP contribution in [0.1, 0.15) is 57.0 Å². The normalized spacial score (nSPS) is 17.4. The van der Waals surface area contributed by atoms with Crippen molar-refractivity contribution < 1.29 is 14.3 Å². The number of ether oxygens (including phenoxy) is 1. The van der Waals surface area contributed by atoms with E-state index in [1.54, 1.807) is 40.4 Å². The number of benzene rings is 1. The van der Waals surface area contributed by atoms with Gasteiger partial charge in [0.25, 0.3) is 0 Å². The Balaban J connectivity index is 1.44. The maximum absolute atomic E-state index is 13.6. The first-order valence-corrected chi connectivity index (χ1v) is 12.9. The molecule has 4 rings (SSSR count). The lowest BCUT2D eigenvalue weighted by atomic mass is 10.0. The topological polar surface area (TPSA) is 89.4 Å². The summed E-state index contributed by atoms with van der Waals surface area (Å²) in [6.45, 7) is 8.52. The van der Waals surface area contributed by atoms with Crippen LogP contribution in [0.3, 0.4) is 0 Å². The van der Waals surface area contributed by atoms with Gasteiger partial charge < -0.3 is 15.0 Å². The van der Waals surface area contributed by atoms with E-state index >= 15 is 0 Å². The molecule has 8 nitrogen and oxygen atoms in total. The van der Waals surface area contributed by atoms with E-state index in [1.165, 1.54) is 0 Å². The quantitative estimate of drug-likeness (QED) is 0.501. The molecule has 1 fully saturated rings. The van der Waals surface area contributed by atoms with Crippen LogP contribution in [-0.4, -0.2) is 51.2 Å². The van der Waals surface area contributed by atoms with Crippen LogP contribution < -0.4 is 10.1 Å². The number of aryl methyl sites for hydroxylation is 1. The predicted octanol–water partition coefficient (Wildman–Crippen LogP) is 4.39. The lowest BCUT2D eigenvalue weighted by molar-refractivity contribution is -0.142. The van der Waals surface area contributed by atoms with E-state index in [2.05, 4.69) is 27.5 Å². The highest BCUT2D eigenvalue weighted by Gasteiger charge is 2.39. The summed E-state index contributed by atoms with van der Waals surface area (Å²) in [7, 11) is 1.57. The second-order valence-corrected chi connectivity index (χ2v) is 10.2. The van der Waals surface area contributed by atoms with Gasteiger partial charge in [0.05, 0.1) is 41.6 Å². The molecule has 1 aliphatic heterocycles. The van der Waals surface area contributed by atoms with E-state index in [0.29, 0.717) is 18.7 Å². The number of hydrogen-bond acceptors (Lipinski definition) is 6. The van der Waals surface area contributed by atoms with Crippen LogP contribution in [0.15, 0.2) is 42.2 Å². The molecule has 1 unspecified atom stereocenters. The number of thiazole rings is 1. The van der Waals surface area contributed by atoms with E-state index in [9.17, 15) is 9.59 Å². The van der Waals surface area contributed by atoms with Crippen LogP contribution in [0.2, 0.25) is 0 Å². The molecule has 35 heavy (non-hydrogen) atoms. The average Bonchev–Trinajstić information content (AvgIpc) is 3.60. The molecule has 0 saturated carbocycles. The SMILES string of the molecule is COc1cnn(C(C(=O)N2CCC[C@H]2C(=O)N[C@@H](C)c2ccc(-c3scnc3C)cc2)C(C)C)c1. The molecular formula is C26H33N5O3S. The molecular weight excluding hydrogens is 462 g/mol. The highest BCUT2D eigenvalue weighted by molar-refractivity contribution is 7.13. The van der Waals surface area contributed by atoms with Gasteiger partial charge in [-0.2, -0.15) is 5.10 Å². The first-order chi connectivity index (χ1) is 16.8. The summed E-state index contributed by atoms with van der Waals surface area (Å²) in [4.78, 5) is 34.0. The van der Waals surface area contributed by atoms with Gasteiger partial charge in [0.1, 0.15) is 12.1 Å². The van der Waals surface area contributed by atoms with Crippen LogP contribution in [-0.2, 0) is 9.59 Å². The van der Waals surface area contributed by atoms with E-state index in [-0.39, 0.29) is 23.8 Å². The molecule has 1 aromatic carbocycles. The number of carbonyl (C=O) groups is 2. The lowest BCUT2D eigenvalue weighted by Gasteiger charge is -2.30. The number of hydrogen-bond donors (Lipinski definition) is 1. The Labute approximate surface area is 210 Å². The predicted molar refractivity (Wildman–Crippen MR) is 136 cm³/mol. The van der Waals surface area contributed by atoms with Crippen molar-refractivity contribution in [1.82, 2.24) is 25.0 Å². The van der Waals surface area contributed by atoms with Gasteiger partial charge in [-0.25, -0.2) is 4.98 Å². The number of methoxy groups -OCH3 is 1. The van der Waals surface area contributed by atoms with Crippen molar-refractivity contribution in [3.05, 3.63) is 53.4 Å². The number of nitrogens with one attached hydrogen (secondary N) is 1. The standard InChI is InChI=1S/C26H33N5O3S/c1-16(2)23(31-14-21(34-5)13-28-31)26(33)30-12-6-7-22(30)25(32)29-17(3)19-8-10-20(11-9-19)24-18(4)27-15-35-24/h8-11,13-17,22-23H,6-7,12H2,1-5H3,(H,29,32)/t17-,22-,23?/m0/s1. The second kappa shape index (κ2) is 10.6. The molecule has 0 bridgehead atoms. The third-order valence-corrected chi connectivity index (χ3v) is 7.58. The van der Waals surface area contributed by atoms with Crippen LogP contribution >= 0.6 is 11.3 Å². The maximum Gasteiger partial charge on any atom is 0.248 e. The Bertz CT molecular complexity index is 1170. The molecule has 9 heteroatoms. The molecule has 0 aliphatic carbocycles. The summed E-state index contributed by atoms with van der Waals surface area (Å²) in [6.07, 6.45) is 4.78. The van der Waals surface area contributed by atoms with E-state index in [4.69, 9.17) is 4.74 Å². The molecule has 1 N–H and O–H groups in total. The molecule has 0 radical (unpaired) electrons. The van der Waals surface area contributed by atoms with Crippen LogP contribution in [0, 0.1) is 12.8 Å². The third kappa shape index (κ3) is 5.24. The van der Waals surface area contributed by atoms with Crippen LogP contribution in [0.4, 0.5) is 0 Å². The fourth-order valence-electron chi connectivity index (χ4n) is 4.65. The Kier molecular flexibility index (Phi) is 7.54. The summed E-state index contributed by atoms with van der Waals surface area (Å²) < 4.78 is 6.88. The Morgan fingerprint density at radius 2 is 1.94 bits per heavy atom. The minimum absolute atomic E-state index is 0.0102. The smallest absolute Gasteiger partial charge is 0.248 e. The Hall–Kier alpha value is -3.20.